The summed E-state index contributed by atoms with van der Waals surface area (Å²) in [6.07, 6.45) is 0.992. The molecule has 0 unspecified atom stereocenters. The number of hydrogen-bond acceptors (Lipinski definition) is 3. The molecule has 0 N–H and O–H groups in total. The molecule has 2 rings (SSSR count). The molecule has 0 bridgehead atoms. The second-order valence-corrected chi connectivity index (χ2v) is 5.91. The van der Waals surface area contributed by atoms with Gasteiger partial charge in [0.1, 0.15) is 6.61 Å². The van der Waals surface area contributed by atoms with E-state index in [2.05, 4.69) is 4.90 Å². The summed E-state index contributed by atoms with van der Waals surface area (Å²) < 4.78 is 5.70. The van der Waals surface area contributed by atoms with Crippen LogP contribution in [0.15, 0.2) is 18.2 Å². The number of carbonyl (C=O) groups excluding carboxylic acids is 1. The van der Waals surface area contributed by atoms with Crippen LogP contribution in [0.2, 0.25) is 10.0 Å². The van der Waals surface area contributed by atoms with Gasteiger partial charge >= 0.3 is 0 Å². The van der Waals surface area contributed by atoms with Crippen LogP contribution in [0.4, 0.5) is 0 Å². The molecule has 1 aromatic rings. The average molecular weight is 331 g/mol. The second kappa shape index (κ2) is 7.87. The lowest BCUT2D eigenvalue weighted by Crippen LogP contribution is -2.35. The highest BCUT2D eigenvalue weighted by atomic mass is 35.5. The number of para-hydroxylation sites is 1. The topological polar surface area (TPSA) is 32.8 Å². The van der Waals surface area contributed by atoms with Gasteiger partial charge in [0.15, 0.2) is 5.75 Å². The maximum atomic E-state index is 11.4. The van der Waals surface area contributed by atoms with E-state index in [-0.39, 0.29) is 5.91 Å². The van der Waals surface area contributed by atoms with E-state index in [9.17, 15) is 4.79 Å². The zero-order valence-electron chi connectivity index (χ0n) is 12.1. The van der Waals surface area contributed by atoms with Gasteiger partial charge in [0.05, 0.1) is 10.0 Å². The van der Waals surface area contributed by atoms with Crippen molar-refractivity contribution >= 4 is 29.1 Å². The molecule has 116 valence electrons. The highest BCUT2D eigenvalue weighted by Crippen LogP contribution is 2.32. The predicted molar refractivity (Wildman–Crippen MR) is 85.3 cm³/mol. The van der Waals surface area contributed by atoms with Crippen molar-refractivity contribution in [2.75, 3.05) is 39.3 Å². The molecule has 0 aliphatic carbocycles. The minimum Gasteiger partial charge on any atom is -0.489 e. The van der Waals surface area contributed by atoms with Gasteiger partial charge < -0.3 is 9.64 Å². The first-order valence-electron chi connectivity index (χ1n) is 7.12. The Hall–Kier alpha value is -0.970. The van der Waals surface area contributed by atoms with Crippen LogP contribution < -0.4 is 4.74 Å². The van der Waals surface area contributed by atoms with Crippen LogP contribution in [0.25, 0.3) is 0 Å². The number of benzene rings is 1. The van der Waals surface area contributed by atoms with E-state index < -0.39 is 0 Å². The molecular weight excluding hydrogens is 311 g/mol. The third-order valence-corrected chi connectivity index (χ3v) is 4.20. The standard InChI is InChI=1S/C15H20Cl2N2O2/c1-12(20)19-7-3-6-18(8-9-19)10-11-21-15-13(16)4-2-5-14(15)17/h2,4-5H,3,6-11H2,1H3. The summed E-state index contributed by atoms with van der Waals surface area (Å²) in [7, 11) is 0. The van der Waals surface area contributed by atoms with Crippen molar-refractivity contribution in [1.29, 1.82) is 0 Å². The van der Waals surface area contributed by atoms with Gasteiger partial charge in [-0.2, -0.15) is 0 Å². The Kier molecular flexibility index (Phi) is 6.15. The van der Waals surface area contributed by atoms with Crippen molar-refractivity contribution in [3.05, 3.63) is 28.2 Å². The van der Waals surface area contributed by atoms with E-state index in [0.717, 1.165) is 39.1 Å². The SMILES string of the molecule is CC(=O)N1CCCN(CCOc2c(Cl)cccc2Cl)CC1. The number of hydrogen-bond donors (Lipinski definition) is 0. The Morgan fingerprint density at radius 1 is 1.19 bits per heavy atom. The molecule has 21 heavy (non-hydrogen) atoms. The third-order valence-electron chi connectivity index (χ3n) is 3.61. The molecule has 0 aromatic heterocycles. The van der Waals surface area contributed by atoms with E-state index in [1.807, 2.05) is 4.90 Å². The van der Waals surface area contributed by atoms with Crippen LogP contribution in [0.3, 0.4) is 0 Å². The van der Waals surface area contributed by atoms with Crippen LogP contribution in [-0.2, 0) is 4.79 Å². The quantitative estimate of drug-likeness (QED) is 0.850. The monoisotopic (exact) mass is 330 g/mol. The van der Waals surface area contributed by atoms with Crippen LogP contribution in [0, 0.1) is 0 Å². The first kappa shape index (κ1) is 16.4. The minimum atomic E-state index is 0.149. The number of rotatable bonds is 4. The van der Waals surface area contributed by atoms with Gasteiger partial charge in [-0.1, -0.05) is 29.3 Å². The van der Waals surface area contributed by atoms with Crippen molar-refractivity contribution in [3.63, 3.8) is 0 Å². The number of carbonyl (C=O) groups is 1. The van der Waals surface area contributed by atoms with Gasteiger partial charge in [-0.05, 0) is 18.6 Å². The van der Waals surface area contributed by atoms with Crippen molar-refractivity contribution in [2.45, 2.75) is 13.3 Å². The molecule has 0 saturated carbocycles. The Labute approximate surface area is 135 Å². The van der Waals surface area contributed by atoms with E-state index in [0.29, 0.717) is 22.4 Å². The molecule has 1 amide bonds. The molecule has 0 spiro atoms. The second-order valence-electron chi connectivity index (χ2n) is 5.10. The van der Waals surface area contributed by atoms with Crippen LogP contribution >= 0.6 is 23.2 Å². The summed E-state index contributed by atoms with van der Waals surface area (Å²) in [5, 5.41) is 1.06. The Bertz CT molecular complexity index is 476. The molecular formula is C15H20Cl2N2O2. The molecule has 1 saturated heterocycles. The minimum absolute atomic E-state index is 0.149. The smallest absolute Gasteiger partial charge is 0.219 e. The lowest BCUT2D eigenvalue weighted by atomic mass is 10.3. The number of nitrogens with zero attached hydrogens (tertiary/aromatic N) is 2. The highest BCUT2D eigenvalue weighted by Gasteiger charge is 2.16. The van der Waals surface area contributed by atoms with Gasteiger partial charge in [0.2, 0.25) is 5.91 Å². The normalized spacial score (nSPS) is 16.6. The molecule has 1 aromatic carbocycles. The maximum absolute atomic E-state index is 11.4. The molecule has 1 heterocycles. The molecule has 6 heteroatoms. The number of amides is 1. The predicted octanol–water partition coefficient (Wildman–Crippen LogP) is 2.93. The lowest BCUT2D eigenvalue weighted by molar-refractivity contribution is -0.128. The fourth-order valence-electron chi connectivity index (χ4n) is 2.41. The molecule has 1 aliphatic heterocycles. The van der Waals surface area contributed by atoms with Crippen LogP contribution in [-0.4, -0.2) is 55.0 Å². The lowest BCUT2D eigenvalue weighted by Gasteiger charge is -2.21. The van der Waals surface area contributed by atoms with Gasteiger partial charge in [-0.15, -0.1) is 0 Å². The zero-order valence-corrected chi connectivity index (χ0v) is 13.7. The molecule has 1 aliphatic rings. The molecule has 0 atom stereocenters. The Morgan fingerprint density at radius 2 is 1.90 bits per heavy atom. The summed E-state index contributed by atoms with van der Waals surface area (Å²) in [6, 6.07) is 5.32. The van der Waals surface area contributed by atoms with E-state index in [1.165, 1.54) is 0 Å². The Balaban J connectivity index is 1.80. The summed E-state index contributed by atoms with van der Waals surface area (Å²) in [4.78, 5) is 15.6. The van der Waals surface area contributed by atoms with Crippen molar-refractivity contribution in [2.24, 2.45) is 0 Å². The van der Waals surface area contributed by atoms with Gasteiger partial charge in [0, 0.05) is 39.6 Å². The van der Waals surface area contributed by atoms with Crippen LogP contribution in [0.5, 0.6) is 5.75 Å². The summed E-state index contributed by atoms with van der Waals surface area (Å²) in [5.74, 6) is 0.692. The maximum Gasteiger partial charge on any atom is 0.219 e. The average Bonchev–Trinajstić information content (AvgIpc) is 2.68. The zero-order chi connectivity index (χ0) is 15.2. The first-order valence-corrected chi connectivity index (χ1v) is 7.88. The third kappa shape index (κ3) is 4.77. The van der Waals surface area contributed by atoms with Crippen molar-refractivity contribution < 1.29 is 9.53 Å². The molecule has 4 nitrogen and oxygen atoms in total. The van der Waals surface area contributed by atoms with Gasteiger partial charge in [-0.3, -0.25) is 9.69 Å². The number of halogens is 2. The summed E-state index contributed by atoms with van der Waals surface area (Å²) in [5.41, 5.74) is 0. The van der Waals surface area contributed by atoms with E-state index >= 15 is 0 Å². The van der Waals surface area contributed by atoms with Crippen LogP contribution in [0.1, 0.15) is 13.3 Å². The highest BCUT2D eigenvalue weighted by molar-refractivity contribution is 6.37. The summed E-state index contributed by atoms with van der Waals surface area (Å²) in [6.45, 7) is 6.42. The number of ether oxygens (including phenoxy) is 1. The van der Waals surface area contributed by atoms with Gasteiger partial charge in [-0.25, -0.2) is 0 Å². The van der Waals surface area contributed by atoms with Crippen molar-refractivity contribution in [1.82, 2.24) is 9.80 Å². The van der Waals surface area contributed by atoms with Crippen molar-refractivity contribution in [3.8, 4) is 5.75 Å². The van der Waals surface area contributed by atoms with Gasteiger partial charge in [0.25, 0.3) is 0 Å². The largest absolute Gasteiger partial charge is 0.489 e. The molecule has 0 radical (unpaired) electrons. The first-order chi connectivity index (χ1) is 10.1. The van der Waals surface area contributed by atoms with E-state index in [1.54, 1.807) is 25.1 Å². The Morgan fingerprint density at radius 3 is 2.57 bits per heavy atom. The van der Waals surface area contributed by atoms with E-state index in [4.69, 9.17) is 27.9 Å². The fraction of sp³-hybridized carbons (Fsp3) is 0.533. The summed E-state index contributed by atoms with van der Waals surface area (Å²) >= 11 is 12.1. The molecule has 1 fully saturated rings. The fourth-order valence-corrected chi connectivity index (χ4v) is 2.91.